The summed E-state index contributed by atoms with van der Waals surface area (Å²) in [6.45, 7) is 6.40. The molecule has 1 aromatic carbocycles. The van der Waals surface area contributed by atoms with Crippen molar-refractivity contribution in [2.24, 2.45) is 5.92 Å². The van der Waals surface area contributed by atoms with E-state index in [0.29, 0.717) is 12.3 Å². The Hall–Kier alpha value is -1.06. The maximum atomic E-state index is 11.4. The predicted molar refractivity (Wildman–Crippen MR) is 92.5 cm³/mol. The Bertz CT molecular complexity index is 462. The van der Waals surface area contributed by atoms with Gasteiger partial charge in [-0.1, -0.05) is 57.3 Å². The molecule has 0 fully saturated rings. The van der Waals surface area contributed by atoms with Crippen LogP contribution in [0.2, 0.25) is 5.02 Å². The molecule has 0 aliphatic heterocycles. The van der Waals surface area contributed by atoms with Gasteiger partial charge in [-0.05, 0) is 42.9 Å². The number of halogens is 1. The number of benzene rings is 1. The summed E-state index contributed by atoms with van der Waals surface area (Å²) >= 11 is 6.04. The van der Waals surface area contributed by atoms with Gasteiger partial charge in [-0.3, -0.25) is 4.79 Å². The van der Waals surface area contributed by atoms with E-state index in [0.717, 1.165) is 36.3 Å². The lowest BCUT2D eigenvalue weighted by atomic mass is 9.96. The zero-order valence-electron chi connectivity index (χ0n) is 13.8. The molecule has 124 valence electrons. The number of carbonyl (C=O) groups is 1. The van der Waals surface area contributed by atoms with Crippen molar-refractivity contribution in [2.45, 2.75) is 65.0 Å². The molecule has 1 rings (SSSR count). The molecule has 0 aliphatic carbocycles. The molecule has 0 amide bonds. The van der Waals surface area contributed by atoms with E-state index in [9.17, 15) is 9.90 Å². The van der Waals surface area contributed by atoms with Crippen LogP contribution in [0.5, 0.6) is 0 Å². The smallest absolute Gasteiger partial charge is 0.320 e. The van der Waals surface area contributed by atoms with Crippen LogP contribution in [0.25, 0.3) is 0 Å². The van der Waals surface area contributed by atoms with Gasteiger partial charge in [0.15, 0.2) is 0 Å². The Labute approximate surface area is 139 Å². The van der Waals surface area contributed by atoms with Gasteiger partial charge in [0.25, 0.3) is 0 Å². The highest BCUT2D eigenvalue weighted by molar-refractivity contribution is 6.30. The largest absolute Gasteiger partial charge is 0.480 e. The summed E-state index contributed by atoms with van der Waals surface area (Å²) in [5.41, 5.74) is 1.14. The molecule has 22 heavy (non-hydrogen) atoms. The van der Waals surface area contributed by atoms with E-state index in [2.05, 4.69) is 26.1 Å². The third-order valence-electron chi connectivity index (χ3n) is 3.71. The summed E-state index contributed by atoms with van der Waals surface area (Å²) in [7, 11) is 0. The van der Waals surface area contributed by atoms with Crippen LogP contribution in [0.4, 0.5) is 0 Å². The minimum absolute atomic E-state index is 0.149. The quantitative estimate of drug-likeness (QED) is 0.664. The van der Waals surface area contributed by atoms with Gasteiger partial charge in [-0.25, -0.2) is 0 Å². The minimum atomic E-state index is -0.756. The fraction of sp³-hybridized carbons (Fsp3) is 0.611. The van der Waals surface area contributed by atoms with E-state index >= 15 is 0 Å². The molecule has 0 saturated carbocycles. The second-order valence-electron chi connectivity index (χ2n) is 6.36. The summed E-state index contributed by atoms with van der Waals surface area (Å²) in [6.07, 6.45) is 4.36. The Morgan fingerprint density at radius 3 is 2.64 bits per heavy atom. The molecule has 1 aromatic rings. The van der Waals surface area contributed by atoms with Gasteiger partial charge in [-0.15, -0.1) is 0 Å². The molecular weight excluding hydrogens is 298 g/mol. The number of carboxylic acids is 1. The zero-order valence-corrected chi connectivity index (χ0v) is 14.6. The summed E-state index contributed by atoms with van der Waals surface area (Å²) in [4.78, 5) is 11.4. The lowest BCUT2D eigenvalue weighted by Gasteiger charge is -2.25. The topological polar surface area (TPSA) is 49.3 Å². The molecule has 4 heteroatoms. The molecule has 0 heterocycles. The first-order valence-electron chi connectivity index (χ1n) is 8.15. The Kier molecular flexibility index (Phi) is 8.51. The van der Waals surface area contributed by atoms with E-state index in [-0.39, 0.29) is 6.04 Å². The molecule has 2 unspecified atom stereocenters. The number of rotatable bonds is 10. The molecule has 0 spiro atoms. The minimum Gasteiger partial charge on any atom is -0.480 e. The van der Waals surface area contributed by atoms with Crippen LogP contribution >= 0.6 is 11.6 Å². The van der Waals surface area contributed by atoms with E-state index in [1.165, 1.54) is 0 Å². The van der Waals surface area contributed by atoms with E-state index in [1.54, 1.807) is 0 Å². The van der Waals surface area contributed by atoms with Crippen LogP contribution in [0.1, 0.15) is 52.0 Å². The molecule has 0 radical (unpaired) electrons. The summed E-state index contributed by atoms with van der Waals surface area (Å²) in [5, 5.41) is 13.5. The number of hydrogen-bond donors (Lipinski definition) is 2. The van der Waals surface area contributed by atoms with Gasteiger partial charge in [0.05, 0.1) is 0 Å². The van der Waals surface area contributed by atoms with Gasteiger partial charge in [0.1, 0.15) is 6.04 Å². The Morgan fingerprint density at radius 2 is 2.09 bits per heavy atom. The lowest BCUT2D eigenvalue weighted by molar-refractivity contribution is -0.140. The van der Waals surface area contributed by atoms with Crippen LogP contribution in [0.3, 0.4) is 0 Å². The van der Waals surface area contributed by atoms with Crippen LogP contribution in [-0.4, -0.2) is 23.2 Å². The fourth-order valence-corrected chi connectivity index (χ4v) is 2.91. The van der Waals surface area contributed by atoms with Crippen LogP contribution in [-0.2, 0) is 11.2 Å². The average Bonchev–Trinajstić information content (AvgIpc) is 2.42. The number of carboxylic acid groups (broad SMARTS) is 1. The maximum absolute atomic E-state index is 11.4. The third-order valence-corrected chi connectivity index (χ3v) is 3.94. The van der Waals surface area contributed by atoms with E-state index < -0.39 is 12.0 Å². The van der Waals surface area contributed by atoms with Crippen molar-refractivity contribution in [2.75, 3.05) is 0 Å². The van der Waals surface area contributed by atoms with Gasteiger partial charge < -0.3 is 10.4 Å². The van der Waals surface area contributed by atoms with Crippen molar-refractivity contribution in [3.8, 4) is 0 Å². The molecular formula is C18H28ClNO2. The average molecular weight is 326 g/mol. The highest BCUT2D eigenvalue weighted by Crippen LogP contribution is 2.16. The highest BCUT2D eigenvalue weighted by Gasteiger charge is 2.22. The monoisotopic (exact) mass is 325 g/mol. The van der Waals surface area contributed by atoms with Gasteiger partial charge in [0, 0.05) is 11.1 Å². The second-order valence-corrected chi connectivity index (χ2v) is 6.80. The zero-order chi connectivity index (χ0) is 16.5. The van der Waals surface area contributed by atoms with Crippen LogP contribution < -0.4 is 5.32 Å². The summed E-state index contributed by atoms with van der Waals surface area (Å²) in [5.74, 6) is -0.245. The fourth-order valence-electron chi connectivity index (χ4n) is 2.70. The number of unbranched alkanes of at least 4 members (excludes halogenated alkanes) is 1. The summed E-state index contributed by atoms with van der Waals surface area (Å²) in [6, 6.07) is 7.48. The van der Waals surface area contributed by atoms with Crippen molar-refractivity contribution in [3.63, 3.8) is 0 Å². The Balaban J connectivity index is 2.75. The number of hydrogen-bond acceptors (Lipinski definition) is 2. The molecule has 3 nitrogen and oxygen atoms in total. The highest BCUT2D eigenvalue weighted by atomic mass is 35.5. The van der Waals surface area contributed by atoms with Crippen molar-refractivity contribution in [1.82, 2.24) is 5.32 Å². The standard InChI is InChI=1S/C18H28ClNO2/c1-4-5-9-17(18(21)22)20-16(10-13(2)3)12-14-7-6-8-15(19)11-14/h6-8,11,13,16-17,20H,4-5,9-10,12H2,1-3H3,(H,21,22). The van der Waals surface area contributed by atoms with Crippen molar-refractivity contribution in [3.05, 3.63) is 34.9 Å². The summed E-state index contributed by atoms with van der Waals surface area (Å²) < 4.78 is 0. The number of aliphatic carboxylic acids is 1. The van der Waals surface area contributed by atoms with Gasteiger partial charge in [-0.2, -0.15) is 0 Å². The van der Waals surface area contributed by atoms with Crippen LogP contribution in [0, 0.1) is 5.92 Å². The molecule has 2 atom stereocenters. The first-order chi connectivity index (χ1) is 10.4. The van der Waals surface area contributed by atoms with E-state index in [1.807, 2.05) is 24.3 Å². The van der Waals surface area contributed by atoms with Crippen molar-refractivity contribution >= 4 is 17.6 Å². The number of nitrogens with one attached hydrogen (secondary N) is 1. The molecule has 0 bridgehead atoms. The molecule has 0 aromatic heterocycles. The van der Waals surface area contributed by atoms with Crippen LogP contribution in [0.15, 0.2) is 24.3 Å². The van der Waals surface area contributed by atoms with Crippen molar-refractivity contribution in [1.29, 1.82) is 0 Å². The third kappa shape index (κ3) is 7.28. The van der Waals surface area contributed by atoms with Gasteiger partial charge >= 0.3 is 5.97 Å². The second kappa shape index (κ2) is 9.86. The predicted octanol–water partition coefficient (Wildman–Crippen LogP) is 4.53. The normalized spacial score (nSPS) is 14.0. The van der Waals surface area contributed by atoms with Crippen molar-refractivity contribution < 1.29 is 9.90 Å². The van der Waals surface area contributed by atoms with E-state index in [4.69, 9.17) is 11.6 Å². The SMILES string of the molecule is CCCCC(NC(Cc1cccc(Cl)c1)CC(C)C)C(=O)O. The molecule has 0 aliphatic rings. The first kappa shape index (κ1) is 19.0. The Morgan fingerprint density at radius 1 is 1.36 bits per heavy atom. The lowest BCUT2D eigenvalue weighted by Crippen LogP contribution is -2.45. The molecule has 0 saturated heterocycles. The first-order valence-corrected chi connectivity index (χ1v) is 8.53. The van der Waals surface area contributed by atoms with Gasteiger partial charge in [0.2, 0.25) is 0 Å². The molecule has 2 N–H and O–H groups in total. The maximum Gasteiger partial charge on any atom is 0.320 e.